The normalized spacial score (nSPS) is 18.9. The lowest BCUT2D eigenvalue weighted by Gasteiger charge is -2.32. The van der Waals surface area contributed by atoms with E-state index < -0.39 is 0 Å². The number of hydrogen-bond acceptors (Lipinski definition) is 3. The summed E-state index contributed by atoms with van der Waals surface area (Å²) in [7, 11) is 4.03. The third kappa shape index (κ3) is 3.10. The van der Waals surface area contributed by atoms with E-state index in [1.807, 2.05) is 24.0 Å². The van der Waals surface area contributed by atoms with Crippen LogP contribution in [0.2, 0.25) is 0 Å². The van der Waals surface area contributed by atoms with Gasteiger partial charge in [0.05, 0.1) is 12.8 Å². The molecule has 0 bridgehead atoms. The Morgan fingerprint density at radius 3 is 3.05 bits per heavy atom. The fourth-order valence-corrected chi connectivity index (χ4v) is 3.26. The van der Waals surface area contributed by atoms with Crippen molar-refractivity contribution in [1.82, 2.24) is 15.1 Å². The van der Waals surface area contributed by atoms with Gasteiger partial charge in [-0.2, -0.15) is 5.10 Å². The third-order valence-electron chi connectivity index (χ3n) is 4.36. The summed E-state index contributed by atoms with van der Waals surface area (Å²) in [5, 5.41) is 7.75. The minimum atomic E-state index is 0.468. The molecule has 0 amide bonds. The van der Waals surface area contributed by atoms with Gasteiger partial charge in [0.25, 0.3) is 0 Å². The molecule has 112 valence electrons. The van der Waals surface area contributed by atoms with Crippen LogP contribution in [0.4, 0.5) is 0 Å². The van der Waals surface area contributed by atoms with E-state index in [2.05, 4.69) is 41.9 Å². The van der Waals surface area contributed by atoms with E-state index in [9.17, 15) is 0 Å². The van der Waals surface area contributed by atoms with Gasteiger partial charge in [0.15, 0.2) is 0 Å². The van der Waals surface area contributed by atoms with Gasteiger partial charge in [0.1, 0.15) is 5.75 Å². The molecule has 21 heavy (non-hydrogen) atoms. The average Bonchev–Trinajstić information content (AvgIpc) is 2.93. The first kappa shape index (κ1) is 14.1. The van der Waals surface area contributed by atoms with E-state index in [0.717, 1.165) is 31.6 Å². The first-order valence-corrected chi connectivity index (χ1v) is 7.64. The van der Waals surface area contributed by atoms with Gasteiger partial charge >= 0.3 is 0 Å². The second-order valence-corrected chi connectivity index (χ2v) is 5.74. The largest absolute Gasteiger partial charge is 0.493 e. The molecule has 2 aromatic rings. The van der Waals surface area contributed by atoms with Crippen LogP contribution in [0, 0.1) is 0 Å². The average molecular weight is 285 g/mol. The SMILES string of the molecule is CNC(CCc1cnn(C)c1)C1CCOc2ccccc21. The Bertz CT molecular complexity index is 593. The molecule has 1 aromatic carbocycles. The summed E-state index contributed by atoms with van der Waals surface area (Å²) in [5.41, 5.74) is 2.65. The van der Waals surface area contributed by atoms with Crippen LogP contribution in [-0.4, -0.2) is 29.5 Å². The molecule has 3 rings (SSSR count). The van der Waals surface area contributed by atoms with Crippen molar-refractivity contribution in [1.29, 1.82) is 0 Å². The Kier molecular flexibility index (Phi) is 4.25. The van der Waals surface area contributed by atoms with Gasteiger partial charge in [-0.15, -0.1) is 0 Å². The van der Waals surface area contributed by atoms with E-state index in [1.165, 1.54) is 11.1 Å². The summed E-state index contributed by atoms with van der Waals surface area (Å²) in [6, 6.07) is 8.90. The fourth-order valence-electron chi connectivity index (χ4n) is 3.26. The zero-order valence-electron chi connectivity index (χ0n) is 12.7. The van der Waals surface area contributed by atoms with Gasteiger partial charge in [-0.1, -0.05) is 18.2 Å². The second-order valence-electron chi connectivity index (χ2n) is 5.74. The van der Waals surface area contributed by atoms with Crippen molar-refractivity contribution in [2.45, 2.75) is 31.2 Å². The Morgan fingerprint density at radius 1 is 1.43 bits per heavy atom. The van der Waals surface area contributed by atoms with Crippen LogP contribution in [0.15, 0.2) is 36.7 Å². The Balaban J connectivity index is 1.72. The number of rotatable bonds is 5. The van der Waals surface area contributed by atoms with Crippen molar-refractivity contribution in [3.8, 4) is 5.75 Å². The first-order valence-electron chi connectivity index (χ1n) is 7.64. The highest BCUT2D eigenvalue weighted by molar-refractivity contribution is 5.38. The zero-order valence-corrected chi connectivity index (χ0v) is 12.7. The molecule has 0 fully saturated rings. The van der Waals surface area contributed by atoms with Crippen LogP contribution in [0.3, 0.4) is 0 Å². The molecule has 2 heterocycles. The van der Waals surface area contributed by atoms with Crippen LogP contribution in [0.5, 0.6) is 5.75 Å². The number of para-hydroxylation sites is 1. The van der Waals surface area contributed by atoms with E-state index in [1.54, 1.807) is 0 Å². The van der Waals surface area contributed by atoms with Gasteiger partial charge in [0.2, 0.25) is 0 Å². The lowest BCUT2D eigenvalue weighted by Crippen LogP contribution is -2.35. The predicted octanol–water partition coefficient (Wildman–Crippen LogP) is 2.51. The van der Waals surface area contributed by atoms with Crippen molar-refractivity contribution in [3.05, 3.63) is 47.8 Å². The summed E-state index contributed by atoms with van der Waals surface area (Å²) in [6.07, 6.45) is 7.31. The van der Waals surface area contributed by atoms with Crippen LogP contribution >= 0.6 is 0 Å². The molecule has 1 N–H and O–H groups in total. The van der Waals surface area contributed by atoms with E-state index in [4.69, 9.17) is 4.74 Å². The predicted molar refractivity (Wildman–Crippen MR) is 83.7 cm³/mol. The van der Waals surface area contributed by atoms with Crippen LogP contribution in [0.25, 0.3) is 0 Å². The van der Waals surface area contributed by atoms with Gasteiger partial charge in [-0.3, -0.25) is 4.68 Å². The highest BCUT2D eigenvalue weighted by Crippen LogP contribution is 2.36. The number of fused-ring (bicyclic) bond motifs is 1. The zero-order chi connectivity index (χ0) is 14.7. The Morgan fingerprint density at radius 2 is 2.29 bits per heavy atom. The topological polar surface area (TPSA) is 39.1 Å². The van der Waals surface area contributed by atoms with Gasteiger partial charge in [-0.05, 0) is 43.5 Å². The monoisotopic (exact) mass is 285 g/mol. The second kappa shape index (κ2) is 6.31. The molecule has 0 aliphatic carbocycles. The van der Waals surface area contributed by atoms with Gasteiger partial charge in [-0.25, -0.2) is 0 Å². The number of hydrogen-bond donors (Lipinski definition) is 1. The fraction of sp³-hybridized carbons (Fsp3) is 0.471. The van der Waals surface area contributed by atoms with Crippen molar-refractivity contribution in [2.24, 2.45) is 7.05 Å². The molecule has 0 spiro atoms. The van der Waals surface area contributed by atoms with E-state index in [0.29, 0.717) is 12.0 Å². The van der Waals surface area contributed by atoms with E-state index >= 15 is 0 Å². The van der Waals surface area contributed by atoms with Crippen LogP contribution in [0.1, 0.15) is 29.9 Å². The lowest BCUT2D eigenvalue weighted by molar-refractivity contribution is 0.244. The van der Waals surface area contributed by atoms with Crippen molar-refractivity contribution in [3.63, 3.8) is 0 Å². The molecule has 4 heteroatoms. The number of likely N-dealkylation sites (N-methyl/N-ethyl adjacent to an activating group) is 1. The highest BCUT2D eigenvalue weighted by Gasteiger charge is 2.27. The molecule has 4 nitrogen and oxygen atoms in total. The number of ether oxygens (including phenoxy) is 1. The standard InChI is InChI=1S/C17H23N3O/c1-18-16(8-7-13-11-19-20(2)12-13)14-9-10-21-17-6-4-3-5-15(14)17/h3-6,11-12,14,16,18H,7-10H2,1-2H3. The van der Waals surface area contributed by atoms with Crippen LogP contribution < -0.4 is 10.1 Å². The molecule has 2 atom stereocenters. The van der Waals surface area contributed by atoms with Crippen molar-refractivity contribution < 1.29 is 4.74 Å². The maximum atomic E-state index is 5.77. The van der Waals surface area contributed by atoms with Gasteiger partial charge < -0.3 is 10.1 Å². The molecule has 0 radical (unpaired) electrons. The smallest absolute Gasteiger partial charge is 0.122 e. The van der Waals surface area contributed by atoms with Crippen molar-refractivity contribution in [2.75, 3.05) is 13.7 Å². The van der Waals surface area contributed by atoms with Crippen molar-refractivity contribution >= 4 is 0 Å². The summed E-state index contributed by atoms with van der Waals surface area (Å²) in [4.78, 5) is 0. The summed E-state index contributed by atoms with van der Waals surface area (Å²) in [6.45, 7) is 0.812. The Hall–Kier alpha value is -1.81. The molecular formula is C17H23N3O. The summed E-state index contributed by atoms with van der Waals surface area (Å²) < 4.78 is 7.64. The molecule has 1 aromatic heterocycles. The molecular weight excluding hydrogens is 262 g/mol. The quantitative estimate of drug-likeness (QED) is 0.917. The maximum absolute atomic E-state index is 5.77. The molecule has 1 aliphatic rings. The number of benzene rings is 1. The first-order chi connectivity index (χ1) is 10.3. The Labute approximate surface area is 126 Å². The minimum absolute atomic E-state index is 0.468. The lowest BCUT2D eigenvalue weighted by atomic mass is 9.84. The number of nitrogens with zero attached hydrogens (tertiary/aromatic N) is 2. The molecule has 2 unspecified atom stereocenters. The molecule has 1 aliphatic heterocycles. The molecule has 0 saturated heterocycles. The number of nitrogens with one attached hydrogen (secondary N) is 1. The van der Waals surface area contributed by atoms with Crippen LogP contribution in [-0.2, 0) is 13.5 Å². The summed E-state index contributed by atoms with van der Waals surface area (Å²) in [5.74, 6) is 1.58. The summed E-state index contributed by atoms with van der Waals surface area (Å²) >= 11 is 0. The molecule has 0 saturated carbocycles. The van der Waals surface area contributed by atoms with E-state index in [-0.39, 0.29) is 0 Å². The maximum Gasteiger partial charge on any atom is 0.122 e. The number of aryl methyl sites for hydroxylation is 2. The number of aromatic nitrogens is 2. The third-order valence-corrected chi connectivity index (χ3v) is 4.36. The minimum Gasteiger partial charge on any atom is -0.493 e. The highest BCUT2D eigenvalue weighted by atomic mass is 16.5. The van der Waals surface area contributed by atoms with Gasteiger partial charge in [0, 0.05) is 25.2 Å².